The zero-order valence-electron chi connectivity index (χ0n) is 7.21. The fourth-order valence-corrected chi connectivity index (χ4v) is 3.24. The predicted molar refractivity (Wildman–Crippen MR) is 56.7 cm³/mol. The third-order valence-corrected chi connectivity index (χ3v) is 5.10. The van der Waals surface area contributed by atoms with E-state index in [0.29, 0.717) is 0 Å². The number of pyridine rings is 2. The third kappa shape index (κ3) is 2.20. The molecular formula is C10H8BrN2Ni. The minimum absolute atomic E-state index is 0.347. The summed E-state index contributed by atoms with van der Waals surface area (Å²) in [4.78, 5) is 8.57. The van der Waals surface area contributed by atoms with Crippen molar-refractivity contribution in [2.24, 2.45) is 0 Å². The molecular weight excluding hydrogens is 287 g/mol. The van der Waals surface area contributed by atoms with Crippen LogP contribution in [0.5, 0.6) is 0 Å². The van der Waals surface area contributed by atoms with Gasteiger partial charge in [-0.05, 0) is 0 Å². The number of rotatable bonds is 2. The Morgan fingerprint density at radius 1 is 0.857 bits per heavy atom. The van der Waals surface area contributed by atoms with Crippen LogP contribution in [0.15, 0.2) is 48.8 Å². The average molecular weight is 295 g/mol. The molecule has 2 heterocycles. The zero-order chi connectivity index (χ0) is 9.80. The van der Waals surface area contributed by atoms with Gasteiger partial charge in [0.2, 0.25) is 0 Å². The molecule has 0 radical (unpaired) electrons. The molecule has 2 aromatic rings. The summed E-state index contributed by atoms with van der Waals surface area (Å²) in [5.74, 6) is 0. The van der Waals surface area contributed by atoms with Crippen LogP contribution >= 0.6 is 14.2 Å². The van der Waals surface area contributed by atoms with Crippen LogP contribution in [0.2, 0.25) is 0 Å². The Bertz CT molecular complexity index is 354. The molecule has 0 bridgehead atoms. The maximum absolute atomic E-state index is 4.29. The first-order chi connectivity index (χ1) is 6.88. The molecule has 0 aliphatic carbocycles. The van der Waals surface area contributed by atoms with Crippen molar-refractivity contribution in [2.45, 2.75) is 0 Å². The SMILES string of the molecule is [Br][Ni]([c]1ccccn1)[c]1ccccn1. The molecule has 0 N–H and O–H groups in total. The monoisotopic (exact) mass is 293 g/mol. The van der Waals surface area contributed by atoms with Crippen LogP contribution in [0, 0.1) is 0 Å². The van der Waals surface area contributed by atoms with E-state index >= 15 is 0 Å². The minimum atomic E-state index is -0.347. The van der Waals surface area contributed by atoms with Crippen molar-refractivity contribution in [3.63, 3.8) is 0 Å². The topological polar surface area (TPSA) is 25.8 Å². The van der Waals surface area contributed by atoms with Crippen LogP contribution in [0.25, 0.3) is 0 Å². The van der Waals surface area contributed by atoms with Crippen molar-refractivity contribution < 1.29 is 11.6 Å². The van der Waals surface area contributed by atoms with Gasteiger partial charge < -0.3 is 0 Å². The van der Waals surface area contributed by atoms with Crippen molar-refractivity contribution in [2.75, 3.05) is 0 Å². The van der Waals surface area contributed by atoms with Gasteiger partial charge in [-0.25, -0.2) is 0 Å². The van der Waals surface area contributed by atoms with Crippen molar-refractivity contribution in [3.8, 4) is 0 Å². The zero-order valence-corrected chi connectivity index (χ0v) is 9.78. The van der Waals surface area contributed by atoms with E-state index in [2.05, 4.69) is 24.2 Å². The Kier molecular flexibility index (Phi) is 3.27. The molecule has 2 nitrogen and oxygen atoms in total. The third-order valence-electron chi connectivity index (χ3n) is 1.51. The first-order valence-corrected chi connectivity index (χ1v) is 7.41. The molecule has 0 atom stereocenters. The Balaban J connectivity index is 2.30. The molecule has 4 heteroatoms. The van der Waals surface area contributed by atoms with Gasteiger partial charge in [-0.15, -0.1) is 0 Å². The van der Waals surface area contributed by atoms with E-state index in [-0.39, 0.29) is 11.6 Å². The summed E-state index contributed by atoms with van der Waals surface area (Å²) in [5, 5.41) is 0. The number of hydrogen-bond acceptors (Lipinski definition) is 2. The van der Waals surface area contributed by atoms with E-state index in [0.717, 1.165) is 9.33 Å². The molecule has 0 aliphatic heterocycles. The number of hydrogen-bond donors (Lipinski definition) is 0. The van der Waals surface area contributed by atoms with E-state index in [9.17, 15) is 0 Å². The summed E-state index contributed by atoms with van der Waals surface area (Å²) in [5.41, 5.74) is 0. The van der Waals surface area contributed by atoms with Crippen LogP contribution < -0.4 is 9.33 Å². The summed E-state index contributed by atoms with van der Waals surface area (Å²) in [7, 11) is 0. The molecule has 0 unspecified atom stereocenters. The number of aromatic nitrogens is 2. The van der Waals surface area contributed by atoms with Gasteiger partial charge in [-0.1, -0.05) is 0 Å². The summed E-state index contributed by atoms with van der Waals surface area (Å²) in [6.07, 6.45) is 3.59. The standard InChI is InChI=1S/2C5H4N.BrH.Ni/c2*1-2-4-6-5-3-1;;/h2*1-4H;1H;/q;;;+1/p-1. The molecule has 0 saturated carbocycles. The number of halogens is 1. The Labute approximate surface area is 93.8 Å². The molecule has 0 aromatic carbocycles. The van der Waals surface area contributed by atoms with Crippen molar-refractivity contribution in [1.29, 1.82) is 0 Å². The van der Waals surface area contributed by atoms with E-state index in [1.54, 1.807) is 12.4 Å². The van der Waals surface area contributed by atoms with Crippen molar-refractivity contribution in [1.82, 2.24) is 9.97 Å². The van der Waals surface area contributed by atoms with Crippen LogP contribution in [0.4, 0.5) is 0 Å². The van der Waals surface area contributed by atoms with Crippen LogP contribution in [0.3, 0.4) is 0 Å². The first-order valence-electron chi connectivity index (χ1n) is 3.98. The predicted octanol–water partition coefficient (Wildman–Crippen LogP) is 1.36. The van der Waals surface area contributed by atoms with Crippen molar-refractivity contribution in [3.05, 3.63) is 48.8 Å². The van der Waals surface area contributed by atoms with Gasteiger partial charge in [0.25, 0.3) is 0 Å². The fourth-order valence-electron chi connectivity index (χ4n) is 0.910. The van der Waals surface area contributed by atoms with Gasteiger partial charge in [-0.2, -0.15) is 0 Å². The van der Waals surface area contributed by atoms with Gasteiger partial charge in [-0.3, -0.25) is 0 Å². The normalized spacial score (nSPS) is 11.1. The van der Waals surface area contributed by atoms with Crippen LogP contribution in [-0.4, -0.2) is 9.97 Å². The molecule has 14 heavy (non-hydrogen) atoms. The second-order valence-electron chi connectivity index (χ2n) is 2.44. The van der Waals surface area contributed by atoms with Crippen LogP contribution in [0.1, 0.15) is 0 Å². The van der Waals surface area contributed by atoms with Gasteiger partial charge in [0.1, 0.15) is 0 Å². The molecule has 0 saturated heterocycles. The molecule has 0 aliphatic rings. The number of nitrogens with zero attached hydrogens (tertiary/aromatic N) is 2. The summed E-state index contributed by atoms with van der Waals surface area (Å²) >= 11 is 3.26. The average Bonchev–Trinajstić information content (AvgIpc) is 2.30. The van der Waals surface area contributed by atoms with E-state index in [4.69, 9.17) is 0 Å². The van der Waals surface area contributed by atoms with E-state index < -0.39 is 0 Å². The van der Waals surface area contributed by atoms with Crippen LogP contribution in [-0.2, 0) is 11.6 Å². The second kappa shape index (κ2) is 4.67. The fraction of sp³-hybridized carbons (Fsp3) is 0. The van der Waals surface area contributed by atoms with E-state index in [1.165, 1.54) is 0 Å². The van der Waals surface area contributed by atoms with Crippen molar-refractivity contribution >= 4 is 23.6 Å². The van der Waals surface area contributed by atoms with E-state index in [1.807, 2.05) is 36.4 Å². The maximum atomic E-state index is 4.29. The van der Waals surface area contributed by atoms with Gasteiger partial charge in [0.05, 0.1) is 0 Å². The molecule has 0 fully saturated rings. The quantitative estimate of drug-likeness (QED) is 0.782. The Morgan fingerprint density at radius 2 is 1.36 bits per heavy atom. The Hall–Kier alpha value is -0.726. The molecule has 2 rings (SSSR count). The summed E-state index contributed by atoms with van der Waals surface area (Å²) in [6.45, 7) is 0. The first kappa shape index (κ1) is 9.81. The molecule has 75 valence electrons. The summed E-state index contributed by atoms with van der Waals surface area (Å²) < 4.78 is 2.04. The molecule has 0 spiro atoms. The van der Waals surface area contributed by atoms with Gasteiger partial charge in [0.15, 0.2) is 0 Å². The molecule has 0 amide bonds. The second-order valence-corrected chi connectivity index (χ2v) is 6.14. The van der Waals surface area contributed by atoms with Gasteiger partial charge in [0, 0.05) is 0 Å². The van der Waals surface area contributed by atoms with Gasteiger partial charge >= 0.3 is 94.0 Å². The summed E-state index contributed by atoms with van der Waals surface area (Å²) in [6, 6.07) is 11.8. The molecule has 2 aromatic heterocycles. The Morgan fingerprint density at radius 3 is 1.71 bits per heavy atom.